The lowest BCUT2D eigenvalue weighted by Gasteiger charge is -2.24. The monoisotopic (exact) mass is 430 g/mol. The van der Waals surface area contributed by atoms with Crippen LogP contribution in [0.15, 0.2) is 54.6 Å². The maximum absolute atomic E-state index is 12.1. The molecule has 2 N–H and O–H groups in total. The Hall–Kier alpha value is -3.40. The first-order chi connectivity index (χ1) is 15.4. The molecule has 0 radical (unpaired) electrons. The number of aryl methyl sites for hydroxylation is 2. The molecule has 0 spiro atoms. The predicted molar refractivity (Wildman–Crippen MR) is 129 cm³/mol. The summed E-state index contributed by atoms with van der Waals surface area (Å²) in [6.07, 6.45) is 4.46. The lowest BCUT2D eigenvalue weighted by atomic mass is 9.80. The smallest absolute Gasteiger partial charge is 0.336 e. The van der Waals surface area contributed by atoms with Crippen LogP contribution in [0.5, 0.6) is 0 Å². The molecule has 0 atom stereocenters. The van der Waals surface area contributed by atoms with Crippen LogP contribution in [0.3, 0.4) is 0 Å². The number of benzene rings is 3. The molecular weight excluding hydrogens is 400 g/mol. The van der Waals surface area contributed by atoms with Crippen LogP contribution in [-0.2, 0) is 12.8 Å². The summed E-state index contributed by atoms with van der Waals surface area (Å²) in [6.45, 7) is 6.30. The van der Waals surface area contributed by atoms with Gasteiger partial charge < -0.3 is 10.2 Å². The van der Waals surface area contributed by atoms with Gasteiger partial charge >= 0.3 is 11.9 Å². The molecule has 0 bridgehead atoms. The maximum atomic E-state index is 12.1. The normalized spacial score (nSPS) is 10.8. The largest absolute Gasteiger partial charge is 0.478 e. The molecule has 0 heterocycles. The molecule has 0 aliphatic rings. The van der Waals surface area contributed by atoms with E-state index in [0.717, 1.165) is 59.9 Å². The van der Waals surface area contributed by atoms with Crippen molar-refractivity contribution in [3.63, 3.8) is 0 Å². The summed E-state index contributed by atoms with van der Waals surface area (Å²) in [6, 6.07) is 16.2. The van der Waals surface area contributed by atoms with E-state index in [4.69, 9.17) is 0 Å². The van der Waals surface area contributed by atoms with Gasteiger partial charge in [0.25, 0.3) is 0 Å². The van der Waals surface area contributed by atoms with Crippen molar-refractivity contribution in [2.75, 3.05) is 0 Å². The SMILES string of the molecule is CCCCc1c(C)cc(CCC)c(-c2ccccc2C(=O)O)c1-c1ccccc1C(=O)O. The number of carboxylic acid groups (broad SMARTS) is 2. The van der Waals surface area contributed by atoms with Gasteiger partial charge in [0.2, 0.25) is 0 Å². The highest BCUT2D eigenvalue weighted by Gasteiger charge is 2.24. The van der Waals surface area contributed by atoms with Crippen LogP contribution in [0, 0.1) is 6.92 Å². The Labute approximate surface area is 189 Å². The Morgan fingerprint density at radius 3 is 1.78 bits per heavy atom. The highest BCUT2D eigenvalue weighted by molar-refractivity contribution is 6.04. The van der Waals surface area contributed by atoms with E-state index in [9.17, 15) is 19.8 Å². The molecule has 0 aliphatic carbocycles. The van der Waals surface area contributed by atoms with E-state index < -0.39 is 11.9 Å². The number of carboxylic acids is 2. The zero-order valence-electron chi connectivity index (χ0n) is 18.9. The van der Waals surface area contributed by atoms with Gasteiger partial charge in [0.05, 0.1) is 11.1 Å². The molecule has 4 nitrogen and oxygen atoms in total. The molecule has 3 aromatic carbocycles. The third-order valence-corrected chi connectivity index (χ3v) is 5.89. The van der Waals surface area contributed by atoms with Crippen LogP contribution in [0.2, 0.25) is 0 Å². The number of hydrogen-bond donors (Lipinski definition) is 2. The summed E-state index contributed by atoms with van der Waals surface area (Å²) in [5.41, 5.74) is 6.69. The van der Waals surface area contributed by atoms with Gasteiger partial charge in [0, 0.05) is 0 Å². The average molecular weight is 431 g/mol. The van der Waals surface area contributed by atoms with Crippen LogP contribution in [0.4, 0.5) is 0 Å². The van der Waals surface area contributed by atoms with Gasteiger partial charge in [-0.05, 0) is 77.3 Å². The summed E-state index contributed by atoms with van der Waals surface area (Å²) >= 11 is 0. The van der Waals surface area contributed by atoms with Crippen LogP contribution >= 0.6 is 0 Å². The predicted octanol–water partition coefficient (Wildman–Crippen LogP) is 7.02. The van der Waals surface area contributed by atoms with Crippen LogP contribution < -0.4 is 0 Å². The molecule has 4 heteroatoms. The second-order valence-electron chi connectivity index (χ2n) is 8.14. The van der Waals surface area contributed by atoms with Gasteiger partial charge in [0.1, 0.15) is 0 Å². The van der Waals surface area contributed by atoms with Crippen LogP contribution in [0.1, 0.15) is 70.5 Å². The van der Waals surface area contributed by atoms with Crippen molar-refractivity contribution in [2.24, 2.45) is 0 Å². The highest BCUT2D eigenvalue weighted by atomic mass is 16.4. The minimum Gasteiger partial charge on any atom is -0.478 e. The van der Waals surface area contributed by atoms with Crippen molar-refractivity contribution >= 4 is 11.9 Å². The summed E-state index contributed by atoms with van der Waals surface area (Å²) in [5, 5.41) is 19.9. The molecule has 0 amide bonds. The zero-order valence-corrected chi connectivity index (χ0v) is 18.9. The van der Waals surface area contributed by atoms with E-state index >= 15 is 0 Å². The molecular formula is C28H30O4. The second kappa shape index (κ2) is 10.3. The molecule has 0 unspecified atom stereocenters. The molecule has 0 saturated carbocycles. The molecule has 0 saturated heterocycles. The first-order valence-electron chi connectivity index (χ1n) is 11.2. The van der Waals surface area contributed by atoms with E-state index in [1.165, 1.54) is 0 Å². The van der Waals surface area contributed by atoms with Crippen LogP contribution in [0.25, 0.3) is 22.3 Å². The molecule has 0 aliphatic heterocycles. The fourth-order valence-corrected chi connectivity index (χ4v) is 4.45. The molecule has 32 heavy (non-hydrogen) atoms. The van der Waals surface area contributed by atoms with E-state index in [0.29, 0.717) is 11.1 Å². The van der Waals surface area contributed by atoms with Crippen LogP contribution in [-0.4, -0.2) is 22.2 Å². The number of hydrogen-bond acceptors (Lipinski definition) is 2. The number of rotatable bonds is 9. The van der Waals surface area contributed by atoms with Gasteiger partial charge in [-0.1, -0.05) is 69.2 Å². The summed E-state index contributed by atoms with van der Waals surface area (Å²) in [5.74, 6) is -1.98. The van der Waals surface area contributed by atoms with Gasteiger partial charge in [-0.15, -0.1) is 0 Å². The van der Waals surface area contributed by atoms with Crippen molar-refractivity contribution in [2.45, 2.75) is 52.9 Å². The minimum atomic E-state index is -0.990. The molecule has 0 aromatic heterocycles. The molecule has 3 rings (SSSR count). The van der Waals surface area contributed by atoms with Crippen molar-refractivity contribution < 1.29 is 19.8 Å². The molecule has 3 aromatic rings. The molecule has 0 fully saturated rings. The lowest BCUT2D eigenvalue weighted by Crippen LogP contribution is -2.08. The Morgan fingerprint density at radius 2 is 1.28 bits per heavy atom. The van der Waals surface area contributed by atoms with E-state index in [1.54, 1.807) is 24.3 Å². The molecule has 166 valence electrons. The lowest BCUT2D eigenvalue weighted by molar-refractivity contribution is 0.0686. The van der Waals surface area contributed by atoms with Crippen molar-refractivity contribution in [3.8, 4) is 22.3 Å². The third kappa shape index (κ3) is 4.59. The number of unbranched alkanes of at least 4 members (excludes halogenated alkanes) is 1. The first kappa shape index (κ1) is 23.3. The summed E-state index contributed by atoms with van der Waals surface area (Å²) < 4.78 is 0. The Morgan fingerprint density at radius 1 is 0.750 bits per heavy atom. The fourth-order valence-electron chi connectivity index (χ4n) is 4.45. The van der Waals surface area contributed by atoms with Crippen molar-refractivity contribution in [3.05, 3.63) is 82.4 Å². The van der Waals surface area contributed by atoms with E-state index in [1.807, 2.05) is 24.3 Å². The van der Waals surface area contributed by atoms with E-state index in [-0.39, 0.29) is 11.1 Å². The Kier molecular flexibility index (Phi) is 7.47. The second-order valence-corrected chi connectivity index (χ2v) is 8.14. The topological polar surface area (TPSA) is 74.6 Å². The van der Waals surface area contributed by atoms with Gasteiger partial charge in [0.15, 0.2) is 0 Å². The Bertz CT molecular complexity index is 1140. The van der Waals surface area contributed by atoms with E-state index in [2.05, 4.69) is 26.8 Å². The third-order valence-electron chi connectivity index (χ3n) is 5.89. The average Bonchev–Trinajstić information content (AvgIpc) is 2.78. The standard InChI is InChI=1S/C28H30O4/c1-4-6-12-20-18(3)17-19(11-5-2)25(21-13-7-9-15-23(21)27(29)30)26(20)22-14-8-10-16-24(22)28(31)32/h7-10,13-17H,4-6,11-12H2,1-3H3,(H,29,30)(H,31,32). The quantitative estimate of drug-likeness (QED) is 0.382. The summed E-state index contributed by atoms with van der Waals surface area (Å²) in [4.78, 5) is 24.3. The summed E-state index contributed by atoms with van der Waals surface area (Å²) in [7, 11) is 0. The van der Waals surface area contributed by atoms with Gasteiger partial charge in [-0.2, -0.15) is 0 Å². The van der Waals surface area contributed by atoms with Gasteiger partial charge in [-0.3, -0.25) is 0 Å². The van der Waals surface area contributed by atoms with Crippen molar-refractivity contribution in [1.29, 1.82) is 0 Å². The Balaban J connectivity index is 2.53. The fraction of sp³-hybridized carbons (Fsp3) is 0.286. The zero-order chi connectivity index (χ0) is 23.3. The minimum absolute atomic E-state index is 0.226. The van der Waals surface area contributed by atoms with Crippen molar-refractivity contribution in [1.82, 2.24) is 0 Å². The maximum Gasteiger partial charge on any atom is 0.336 e. The first-order valence-corrected chi connectivity index (χ1v) is 11.2. The van der Waals surface area contributed by atoms with Gasteiger partial charge in [-0.25, -0.2) is 9.59 Å². The number of carbonyl (C=O) groups is 2. The number of aromatic carboxylic acids is 2. The highest BCUT2D eigenvalue weighted by Crippen LogP contribution is 2.43.